The Bertz CT molecular complexity index is 1170. The van der Waals surface area contributed by atoms with Crippen molar-refractivity contribution in [2.45, 2.75) is 13.0 Å². The molecule has 5 rings (SSSR count). The molecule has 3 heterocycles. The molecule has 0 bridgehead atoms. The quantitative estimate of drug-likeness (QED) is 0.531. The van der Waals surface area contributed by atoms with E-state index in [0.29, 0.717) is 6.54 Å². The largest absolute Gasteiger partial charge is 0.358 e. The zero-order valence-electron chi connectivity index (χ0n) is 14.4. The average molecular weight is 364 g/mol. The third-order valence-corrected chi connectivity index (χ3v) is 5.59. The van der Waals surface area contributed by atoms with Gasteiger partial charge in [-0.25, -0.2) is 0 Å². The van der Waals surface area contributed by atoms with Crippen LogP contribution < -0.4 is 0 Å². The molecule has 26 heavy (non-hydrogen) atoms. The summed E-state index contributed by atoms with van der Waals surface area (Å²) in [6.45, 7) is 1.33. The predicted octanol–water partition coefficient (Wildman–Crippen LogP) is 4.51. The maximum absolute atomic E-state index is 13.2. The normalized spacial score (nSPS) is 14.2. The van der Waals surface area contributed by atoms with E-state index in [0.717, 1.165) is 45.4 Å². The summed E-state index contributed by atoms with van der Waals surface area (Å²) in [6, 6.07) is 13.9. The molecule has 2 aromatic heterocycles. The van der Waals surface area contributed by atoms with Gasteiger partial charge in [-0.2, -0.15) is 0 Å². The molecule has 1 amide bonds. The van der Waals surface area contributed by atoms with Crippen LogP contribution in [0.1, 0.15) is 21.6 Å². The number of aryl methyl sites for hydroxylation is 1. The number of halogens is 1. The number of hydrogen-bond donors (Lipinski definition) is 1. The molecule has 0 saturated carbocycles. The van der Waals surface area contributed by atoms with Crippen LogP contribution in [0, 0.1) is 0 Å². The second-order valence-corrected chi connectivity index (χ2v) is 7.36. The minimum absolute atomic E-state index is 0.0869. The highest BCUT2D eigenvalue weighted by atomic mass is 35.5. The summed E-state index contributed by atoms with van der Waals surface area (Å²) in [4.78, 5) is 18.7. The zero-order chi connectivity index (χ0) is 17.8. The number of aromatic nitrogens is 2. The van der Waals surface area contributed by atoms with Crippen LogP contribution in [0.3, 0.4) is 0 Å². The van der Waals surface area contributed by atoms with Crippen molar-refractivity contribution in [1.29, 1.82) is 0 Å². The first-order chi connectivity index (χ1) is 12.6. The van der Waals surface area contributed by atoms with Crippen LogP contribution in [0.4, 0.5) is 0 Å². The van der Waals surface area contributed by atoms with E-state index < -0.39 is 0 Å². The molecule has 0 atom stereocenters. The highest BCUT2D eigenvalue weighted by Crippen LogP contribution is 2.31. The number of aromatic amines is 1. The van der Waals surface area contributed by atoms with Crippen molar-refractivity contribution >= 4 is 39.3 Å². The highest BCUT2D eigenvalue weighted by molar-refractivity contribution is 6.31. The standard InChI is InChI=1S/C21H18ClN3O/c1-24-11-17(14-4-2-3-5-20(14)24)21(26)25-9-8-19-16(12-25)15-10-13(22)6-7-18(15)23-19/h2-7,10-11,23H,8-9,12H2,1H3. The molecule has 5 heteroatoms. The van der Waals surface area contributed by atoms with Gasteiger partial charge in [0.2, 0.25) is 0 Å². The van der Waals surface area contributed by atoms with E-state index in [1.54, 1.807) is 0 Å². The van der Waals surface area contributed by atoms with Gasteiger partial charge in [-0.15, -0.1) is 0 Å². The van der Waals surface area contributed by atoms with Gasteiger partial charge in [-0.1, -0.05) is 29.8 Å². The number of fused-ring (bicyclic) bond motifs is 4. The molecule has 2 aromatic carbocycles. The van der Waals surface area contributed by atoms with E-state index in [1.165, 1.54) is 11.3 Å². The Hall–Kier alpha value is -2.72. The summed E-state index contributed by atoms with van der Waals surface area (Å²) >= 11 is 6.18. The van der Waals surface area contributed by atoms with E-state index >= 15 is 0 Å². The number of amides is 1. The van der Waals surface area contributed by atoms with E-state index in [-0.39, 0.29) is 5.91 Å². The van der Waals surface area contributed by atoms with Crippen LogP contribution in [-0.4, -0.2) is 26.9 Å². The fourth-order valence-electron chi connectivity index (χ4n) is 4.04. The molecule has 0 spiro atoms. The van der Waals surface area contributed by atoms with Gasteiger partial charge in [0.05, 0.1) is 5.56 Å². The molecule has 1 N–H and O–H groups in total. The van der Waals surface area contributed by atoms with Crippen LogP contribution >= 0.6 is 11.6 Å². The highest BCUT2D eigenvalue weighted by Gasteiger charge is 2.26. The molecule has 1 aliphatic rings. The summed E-state index contributed by atoms with van der Waals surface area (Å²) in [5.41, 5.74) is 5.32. The van der Waals surface area contributed by atoms with Gasteiger partial charge < -0.3 is 14.5 Å². The topological polar surface area (TPSA) is 41.0 Å². The Labute approximate surface area is 156 Å². The number of rotatable bonds is 1. The Morgan fingerprint density at radius 1 is 1.15 bits per heavy atom. The molecule has 0 unspecified atom stereocenters. The van der Waals surface area contributed by atoms with Crippen molar-refractivity contribution in [3.63, 3.8) is 0 Å². The van der Waals surface area contributed by atoms with Crippen LogP contribution in [-0.2, 0) is 20.0 Å². The number of carbonyl (C=O) groups excluding carboxylic acids is 1. The number of nitrogens with one attached hydrogen (secondary N) is 1. The predicted molar refractivity (Wildman–Crippen MR) is 105 cm³/mol. The number of para-hydroxylation sites is 1. The molecule has 0 fully saturated rings. The van der Waals surface area contributed by atoms with Gasteiger partial charge >= 0.3 is 0 Å². The smallest absolute Gasteiger partial charge is 0.256 e. The lowest BCUT2D eigenvalue weighted by atomic mass is 10.0. The number of hydrogen-bond acceptors (Lipinski definition) is 1. The average Bonchev–Trinajstić information content (AvgIpc) is 3.19. The third kappa shape index (κ3) is 2.26. The van der Waals surface area contributed by atoms with Crippen molar-refractivity contribution < 1.29 is 4.79 Å². The molecule has 4 aromatic rings. The van der Waals surface area contributed by atoms with Gasteiger partial charge in [0.15, 0.2) is 0 Å². The fraction of sp³-hybridized carbons (Fsp3) is 0.190. The molecule has 0 saturated heterocycles. The minimum Gasteiger partial charge on any atom is -0.358 e. The van der Waals surface area contributed by atoms with Crippen molar-refractivity contribution in [3.8, 4) is 0 Å². The van der Waals surface area contributed by atoms with E-state index in [2.05, 4.69) is 4.98 Å². The van der Waals surface area contributed by atoms with Crippen molar-refractivity contribution in [2.24, 2.45) is 7.05 Å². The number of benzene rings is 2. The minimum atomic E-state index is 0.0869. The van der Waals surface area contributed by atoms with E-state index in [9.17, 15) is 4.79 Å². The SMILES string of the molecule is Cn1cc(C(=O)N2CCc3[nH]c4ccc(Cl)cc4c3C2)c2ccccc21. The molecule has 4 nitrogen and oxygen atoms in total. The molecular formula is C21H18ClN3O. The Balaban J connectivity index is 1.55. The first-order valence-corrected chi connectivity index (χ1v) is 9.12. The van der Waals surface area contributed by atoms with Gasteiger partial charge in [-0.3, -0.25) is 4.79 Å². The molecule has 130 valence electrons. The zero-order valence-corrected chi connectivity index (χ0v) is 15.2. The lowest BCUT2D eigenvalue weighted by Crippen LogP contribution is -2.35. The summed E-state index contributed by atoms with van der Waals surface area (Å²) in [5.74, 6) is 0.0869. The Morgan fingerprint density at radius 3 is 2.88 bits per heavy atom. The van der Waals surface area contributed by atoms with Crippen molar-refractivity contribution in [1.82, 2.24) is 14.5 Å². The van der Waals surface area contributed by atoms with Crippen LogP contribution in [0.5, 0.6) is 0 Å². The van der Waals surface area contributed by atoms with Gasteiger partial charge in [0.25, 0.3) is 5.91 Å². The summed E-state index contributed by atoms with van der Waals surface area (Å²) in [5, 5.41) is 2.84. The number of H-pyrrole nitrogens is 1. The lowest BCUT2D eigenvalue weighted by Gasteiger charge is -2.27. The van der Waals surface area contributed by atoms with Gasteiger partial charge in [-0.05, 0) is 24.3 Å². The van der Waals surface area contributed by atoms with Crippen LogP contribution in [0.2, 0.25) is 5.02 Å². The number of nitrogens with zero attached hydrogens (tertiary/aromatic N) is 2. The van der Waals surface area contributed by atoms with Crippen molar-refractivity contribution in [3.05, 3.63) is 70.5 Å². The van der Waals surface area contributed by atoms with Gasteiger partial charge in [0.1, 0.15) is 0 Å². The second-order valence-electron chi connectivity index (χ2n) is 6.92. The summed E-state index contributed by atoms with van der Waals surface area (Å²) in [7, 11) is 1.98. The summed E-state index contributed by atoms with van der Waals surface area (Å²) < 4.78 is 2.02. The number of carbonyl (C=O) groups is 1. The molecule has 0 aliphatic carbocycles. The first kappa shape index (κ1) is 15.5. The maximum atomic E-state index is 13.2. The monoisotopic (exact) mass is 363 g/mol. The Kier molecular flexibility index (Phi) is 3.37. The molecule has 0 radical (unpaired) electrons. The lowest BCUT2D eigenvalue weighted by molar-refractivity contribution is 0.0737. The third-order valence-electron chi connectivity index (χ3n) is 5.35. The Morgan fingerprint density at radius 2 is 2.00 bits per heavy atom. The second kappa shape index (κ2) is 5.64. The van der Waals surface area contributed by atoms with Gasteiger partial charge in [0, 0.05) is 70.8 Å². The van der Waals surface area contributed by atoms with E-state index in [4.69, 9.17) is 11.6 Å². The summed E-state index contributed by atoms with van der Waals surface area (Å²) in [6.07, 6.45) is 2.77. The van der Waals surface area contributed by atoms with Crippen LogP contribution in [0.15, 0.2) is 48.7 Å². The maximum Gasteiger partial charge on any atom is 0.256 e. The van der Waals surface area contributed by atoms with Crippen molar-refractivity contribution in [2.75, 3.05) is 6.54 Å². The van der Waals surface area contributed by atoms with Crippen LogP contribution in [0.25, 0.3) is 21.8 Å². The van der Waals surface area contributed by atoms with E-state index in [1.807, 2.05) is 65.2 Å². The fourth-order valence-corrected chi connectivity index (χ4v) is 4.21. The first-order valence-electron chi connectivity index (χ1n) is 8.74. The molecular weight excluding hydrogens is 346 g/mol. The molecule has 1 aliphatic heterocycles.